The molecule has 0 bridgehead atoms. The summed E-state index contributed by atoms with van der Waals surface area (Å²) >= 11 is 0. The number of carbonyl (C=O) groups excluding carboxylic acids is 2. The van der Waals surface area contributed by atoms with E-state index in [4.69, 9.17) is 0 Å². The number of carbonyl (C=O) groups is 2. The molecule has 9 nitrogen and oxygen atoms in total. The summed E-state index contributed by atoms with van der Waals surface area (Å²) in [5.41, 5.74) is 0.515. The van der Waals surface area contributed by atoms with E-state index in [1.54, 1.807) is 42.6 Å². The number of nitrogens with one attached hydrogen (secondary N) is 4. The Morgan fingerprint density at radius 1 is 0.759 bits per heavy atom. The predicted molar refractivity (Wildman–Crippen MR) is 110 cm³/mol. The largest absolute Gasteiger partial charge is 0.367 e. The van der Waals surface area contributed by atoms with Crippen LogP contribution in [0.1, 0.15) is 10.4 Å². The zero-order chi connectivity index (χ0) is 20.3. The molecule has 0 fully saturated rings. The molecule has 0 spiro atoms. The number of rotatable bonds is 9. The van der Waals surface area contributed by atoms with E-state index < -0.39 is 0 Å². The van der Waals surface area contributed by atoms with Crippen molar-refractivity contribution in [1.29, 1.82) is 0 Å². The number of benzene rings is 1. The molecular formula is C20H21N7O2. The Morgan fingerprint density at radius 3 is 2.24 bits per heavy atom. The van der Waals surface area contributed by atoms with E-state index in [9.17, 15) is 9.59 Å². The third-order valence-electron chi connectivity index (χ3n) is 3.78. The van der Waals surface area contributed by atoms with Crippen molar-refractivity contribution in [2.45, 2.75) is 0 Å². The number of anilines is 3. The molecule has 3 aromatic rings. The quantitative estimate of drug-likeness (QED) is 0.409. The highest BCUT2D eigenvalue weighted by molar-refractivity contribution is 5.96. The maximum atomic E-state index is 11.9. The van der Waals surface area contributed by atoms with Crippen LogP contribution < -0.4 is 21.3 Å². The monoisotopic (exact) mass is 391 g/mol. The van der Waals surface area contributed by atoms with Crippen molar-refractivity contribution in [2.24, 2.45) is 0 Å². The van der Waals surface area contributed by atoms with Crippen LogP contribution in [0, 0.1) is 0 Å². The van der Waals surface area contributed by atoms with E-state index in [-0.39, 0.29) is 18.4 Å². The van der Waals surface area contributed by atoms with Crippen LogP contribution in [0.5, 0.6) is 0 Å². The van der Waals surface area contributed by atoms with Crippen LogP contribution in [-0.2, 0) is 4.79 Å². The summed E-state index contributed by atoms with van der Waals surface area (Å²) < 4.78 is 0. The highest BCUT2D eigenvalue weighted by Crippen LogP contribution is 2.11. The highest BCUT2D eigenvalue weighted by Gasteiger charge is 2.07. The van der Waals surface area contributed by atoms with Crippen molar-refractivity contribution in [3.63, 3.8) is 0 Å². The molecule has 29 heavy (non-hydrogen) atoms. The number of amides is 2. The van der Waals surface area contributed by atoms with Gasteiger partial charge in [-0.05, 0) is 36.4 Å². The average molecular weight is 391 g/mol. The van der Waals surface area contributed by atoms with Crippen LogP contribution in [0.2, 0.25) is 0 Å². The molecule has 0 aliphatic carbocycles. The number of pyridine rings is 1. The summed E-state index contributed by atoms with van der Waals surface area (Å²) in [6.45, 7) is 0.775. The molecule has 0 atom stereocenters. The summed E-state index contributed by atoms with van der Waals surface area (Å²) in [7, 11) is 0. The van der Waals surface area contributed by atoms with Crippen LogP contribution in [0.4, 0.5) is 17.5 Å². The van der Waals surface area contributed by atoms with Gasteiger partial charge < -0.3 is 21.3 Å². The molecule has 9 heteroatoms. The van der Waals surface area contributed by atoms with Crippen LogP contribution >= 0.6 is 0 Å². The number of aromatic nitrogens is 3. The summed E-state index contributed by atoms with van der Waals surface area (Å²) in [6, 6.07) is 17.8. The van der Waals surface area contributed by atoms with Gasteiger partial charge in [0.05, 0.1) is 6.54 Å². The fourth-order valence-corrected chi connectivity index (χ4v) is 2.37. The van der Waals surface area contributed by atoms with E-state index in [1.807, 2.05) is 24.3 Å². The third kappa shape index (κ3) is 6.58. The Labute approximate surface area is 168 Å². The smallest absolute Gasteiger partial charge is 0.251 e. The Bertz CT molecular complexity index is 919. The first-order valence-electron chi connectivity index (χ1n) is 9.06. The first kappa shape index (κ1) is 19.7. The molecule has 0 radical (unpaired) electrons. The SMILES string of the molecule is O=C(CNC(=O)c1ccccc1)NCCNc1ccc(Nc2ccccn2)nn1. The second-order valence-electron chi connectivity index (χ2n) is 5.97. The lowest BCUT2D eigenvalue weighted by Crippen LogP contribution is -2.38. The Balaban J connectivity index is 1.32. The maximum absolute atomic E-state index is 11.9. The van der Waals surface area contributed by atoms with E-state index in [0.29, 0.717) is 36.1 Å². The first-order valence-corrected chi connectivity index (χ1v) is 9.06. The average Bonchev–Trinajstić information content (AvgIpc) is 2.77. The lowest BCUT2D eigenvalue weighted by atomic mass is 10.2. The fourth-order valence-electron chi connectivity index (χ4n) is 2.37. The van der Waals surface area contributed by atoms with E-state index in [1.165, 1.54) is 0 Å². The van der Waals surface area contributed by atoms with Crippen molar-refractivity contribution >= 4 is 29.3 Å². The molecule has 0 unspecified atom stereocenters. The van der Waals surface area contributed by atoms with Crippen LogP contribution in [-0.4, -0.2) is 46.6 Å². The number of hydrogen-bond donors (Lipinski definition) is 4. The Kier molecular flexibility index (Phi) is 7.05. The molecule has 0 saturated heterocycles. The maximum Gasteiger partial charge on any atom is 0.251 e. The molecule has 0 saturated carbocycles. The van der Waals surface area contributed by atoms with Gasteiger partial charge in [0.25, 0.3) is 5.91 Å². The molecule has 1 aromatic carbocycles. The Morgan fingerprint density at radius 2 is 1.52 bits per heavy atom. The summed E-state index contributed by atoms with van der Waals surface area (Å²) in [5.74, 6) is 1.30. The highest BCUT2D eigenvalue weighted by atomic mass is 16.2. The molecule has 2 aromatic heterocycles. The normalized spacial score (nSPS) is 10.1. The van der Waals surface area contributed by atoms with Crippen molar-refractivity contribution in [3.05, 3.63) is 72.4 Å². The van der Waals surface area contributed by atoms with Gasteiger partial charge in [0.1, 0.15) is 11.6 Å². The zero-order valence-corrected chi connectivity index (χ0v) is 15.6. The van der Waals surface area contributed by atoms with Crippen molar-refractivity contribution in [2.75, 3.05) is 30.3 Å². The molecule has 0 aliphatic rings. The minimum absolute atomic E-state index is 0.0819. The second kappa shape index (κ2) is 10.4. The van der Waals surface area contributed by atoms with E-state index >= 15 is 0 Å². The van der Waals surface area contributed by atoms with Crippen molar-refractivity contribution < 1.29 is 9.59 Å². The molecule has 3 rings (SSSR count). The first-order chi connectivity index (χ1) is 14.2. The van der Waals surface area contributed by atoms with Crippen LogP contribution in [0.3, 0.4) is 0 Å². The summed E-state index contributed by atoms with van der Waals surface area (Å²) in [6.07, 6.45) is 1.69. The van der Waals surface area contributed by atoms with Gasteiger partial charge in [0, 0.05) is 24.8 Å². The predicted octanol–water partition coefficient (Wildman–Crippen LogP) is 1.57. The Hall–Kier alpha value is -4.01. The van der Waals surface area contributed by atoms with Crippen molar-refractivity contribution in [1.82, 2.24) is 25.8 Å². The van der Waals surface area contributed by atoms with E-state index in [0.717, 1.165) is 0 Å². The lowest BCUT2D eigenvalue weighted by Gasteiger charge is -2.09. The van der Waals surface area contributed by atoms with Gasteiger partial charge in [0.2, 0.25) is 5.91 Å². The molecule has 0 aliphatic heterocycles. The summed E-state index contributed by atoms with van der Waals surface area (Å²) in [5, 5.41) is 19.5. The minimum atomic E-state index is -0.284. The summed E-state index contributed by atoms with van der Waals surface area (Å²) in [4.78, 5) is 27.8. The van der Waals surface area contributed by atoms with Gasteiger partial charge in [-0.1, -0.05) is 24.3 Å². The van der Waals surface area contributed by atoms with Gasteiger partial charge in [-0.3, -0.25) is 9.59 Å². The van der Waals surface area contributed by atoms with Crippen LogP contribution in [0.15, 0.2) is 66.9 Å². The van der Waals surface area contributed by atoms with Gasteiger partial charge in [-0.25, -0.2) is 4.98 Å². The molecule has 2 amide bonds. The second-order valence-corrected chi connectivity index (χ2v) is 5.97. The van der Waals surface area contributed by atoms with Gasteiger partial charge in [0.15, 0.2) is 5.82 Å². The third-order valence-corrected chi connectivity index (χ3v) is 3.78. The number of nitrogens with zero attached hydrogens (tertiary/aromatic N) is 3. The van der Waals surface area contributed by atoms with Crippen LogP contribution in [0.25, 0.3) is 0 Å². The van der Waals surface area contributed by atoms with Gasteiger partial charge >= 0.3 is 0 Å². The lowest BCUT2D eigenvalue weighted by molar-refractivity contribution is -0.120. The molecule has 2 heterocycles. The number of hydrogen-bond acceptors (Lipinski definition) is 7. The van der Waals surface area contributed by atoms with Gasteiger partial charge in [-0.2, -0.15) is 0 Å². The van der Waals surface area contributed by atoms with Gasteiger partial charge in [-0.15, -0.1) is 10.2 Å². The minimum Gasteiger partial charge on any atom is -0.367 e. The zero-order valence-electron chi connectivity index (χ0n) is 15.6. The topological polar surface area (TPSA) is 121 Å². The van der Waals surface area contributed by atoms with Crippen molar-refractivity contribution in [3.8, 4) is 0 Å². The van der Waals surface area contributed by atoms with E-state index in [2.05, 4.69) is 36.4 Å². The molecule has 4 N–H and O–H groups in total. The fraction of sp³-hybridized carbons (Fsp3) is 0.150. The standard InChI is InChI=1S/C20H21N7O2/c28-19(14-24-20(29)15-6-2-1-3-7-15)23-13-12-22-17-9-10-18(27-26-17)25-16-8-4-5-11-21-16/h1-11H,12-14H2,(H,22,26)(H,23,28)(H,24,29)(H,21,25,27). The molecular weight excluding hydrogens is 370 g/mol. The molecule has 148 valence electrons.